The number of nitrogens with one attached hydrogen (secondary N) is 1. The van der Waals surface area contributed by atoms with E-state index in [0.717, 1.165) is 0 Å². The van der Waals surface area contributed by atoms with Crippen molar-refractivity contribution in [3.63, 3.8) is 0 Å². The van der Waals surface area contributed by atoms with Crippen LogP contribution in [0.5, 0.6) is 0 Å². The van der Waals surface area contributed by atoms with Crippen molar-refractivity contribution < 1.29 is 19.1 Å². The first-order valence-corrected chi connectivity index (χ1v) is 5.77. The summed E-state index contributed by atoms with van der Waals surface area (Å²) in [7, 11) is 0. The highest BCUT2D eigenvalue weighted by molar-refractivity contribution is 5.91. The number of carbonyl (C=O) groups excluding carboxylic acids is 2. The predicted octanol–water partition coefficient (Wildman–Crippen LogP) is 2.82. The van der Waals surface area contributed by atoms with Crippen LogP contribution in [-0.4, -0.2) is 24.8 Å². The van der Waals surface area contributed by atoms with E-state index in [0.29, 0.717) is 17.9 Å². The highest BCUT2D eigenvalue weighted by Gasteiger charge is 2.08. The number of amides is 1. The molecule has 0 fully saturated rings. The number of esters is 1. The van der Waals surface area contributed by atoms with Gasteiger partial charge in [0.25, 0.3) is 0 Å². The van der Waals surface area contributed by atoms with Crippen LogP contribution in [-0.2, 0) is 9.47 Å². The quantitative estimate of drug-likeness (QED) is 0.836. The molecule has 1 rings (SSSR count). The molecule has 18 heavy (non-hydrogen) atoms. The summed E-state index contributed by atoms with van der Waals surface area (Å²) >= 11 is 0. The maximum atomic E-state index is 11.4. The lowest BCUT2D eigenvalue weighted by atomic mass is 10.2. The molecule has 98 valence electrons. The van der Waals surface area contributed by atoms with Gasteiger partial charge in [0.15, 0.2) is 0 Å². The Labute approximate surface area is 106 Å². The van der Waals surface area contributed by atoms with Gasteiger partial charge in [0, 0.05) is 5.69 Å². The molecule has 1 aromatic carbocycles. The number of hydrogen-bond donors (Lipinski definition) is 1. The van der Waals surface area contributed by atoms with Gasteiger partial charge in [-0.3, -0.25) is 5.32 Å². The van der Waals surface area contributed by atoms with E-state index in [1.807, 2.05) is 0 Å². The van der Waals surface area contributed by atoms with Crippen molar-refractivity contribution in [2.45, 2.75) is 26.9 Å². The summed E-state index contributed by atoms with van der Waals surface area (Å²) in [6.45, 7) is 5.61. The minimum Gasteiger partial charge on any atom is -0.462 e. The molecule has 0 saturated heterocycles. The molecule has 0 aliphatic heterocycles. The maximum absolute atomic E-state index is 11.4. The van der Waals surface area contributed by atoms with Crippen molar-refractivity contribution >= 4 is 17.7 Å². The summed E-state index contributed by atoms with van der Waals surface area (Å²) in [5, 5.41) is 2.56. The lowest BCUT2D eigenvalue weighted by Crippen LogP contribution is -2.18. The van der Waals surface area contributed by atoms with Crippen LogP contribution in [0.1, 0.15) is 31.1 Å². The van der Waals surface area contributed by atoms with Crippen LogP contribution in [0.15, 0.2) is 24.3 Å². The molecule has 0 bridgehead atoms. The van der Waals surface area contributed by atoms with Gasteiger partial charge in [0.2, 0.25) is 0 Å². The fourth-order valence-corrected chi connectivity index (χ4v) is 1.27. The van der Waals surface area contributed by atoms with Crippen molar-refractivity contribution in [3.8, 4) is 0 Å². The molecular weight excluding hydrogens is 234 g/mol. The Morgan fingerprint density at radius 3 is 2.33 bits per heavy atom. The average molecular weight is 251 g/mol. The van der Waals surface area contributed by atoms with Gasteiger partial charge in [0.1, 0.15) is 0 Å². The third kappa shape index (κ3) is 4.45. The molecule has 5 nitrogen and oxygen atoms in total. The summed E-state index contributed by atoms with van der Waals surface area (Å²) in [6, 6.07) is 6.41. The fourth-order valence-electron chi connectivity index (χ4n) is 1.27. The SMILES string of the molecule is CCOC(=O)c1ccc(NC(=O)OC(C)C)cc1. The van der Waals surface area contributed by atoms with E-state index in [2.05, 4.69) is 5.32 Å². The van der Waals surface area contributed by atoms with Crippen molar-refractivity contribution in [3.05, 3.63) is 29.8 Å². The summed E-state index contributed by atoms with van der Waals surface area (Å²) < 4.78 is 9.78. The standard InChI is InChI=1S/C13H17NO4/c1-4-17-12(15)10-5-7-11(8-6-10)14-13(16)18-9(2)3/h5-9H,4H2,1-3H3,(H,14,16). The molecule has 0 unspecified atom stereocenters. The molecule has 0 saturated carbocycles. The Morgan fingerprint density at radius 1 is 1.22 bits per heavy atom. The molecule has 5 heteroatoms. The minimum absolute atomic E-state index is 0.177. The zero-order chi connectivity index (χ0) is 13.5. The summed E-state index contributed by atoms with van der Waals surface area (Å²) in [4.78, 5) is 22.7. The first-order valence-electron chi connectivity index (χ1n) is 5.77. The third-order valence-corrected chi connectivity index (χ3v) is 1.99. The second-order valence-electron chi connectivity index (χ2n) is 3.88. The molecule has 0 spiro atoms. The largest absolute Gasteiger partial charge is 0.462 e. The normalized spacial score (nSPS) is 10.0. The van der Waals surface area contributed by atoms with Gasteiger partial charge in [-0.1, -0.05) is 0 Å². The van der Waals surface area contributed by atoms with E-state index in [9.17, 15) is 9.59 Å². The van der Waals surface area contributed by atoms with Gasteiger partial charge in [-0.15, -0.1) is 0 Å². The molecule has 1 amide bonds. The zero-order valence-corrected chi connectivity index (χ0v) is 10.7. The lowest BCUT2D eigenvalue weighted by Gasteiger charge is -2.09. The first-order chi connectivity index (χ1) is 8.52. The number of hydrogen-bond acceptors (Lipinski definition) is 4. The van der Waals surface area contributed by atoms with Crippen LogP contribution in [0.4, 0.5) is 10.5 Å². The highest BCUT2D eigenvalue weighted by atomic mass is 16.6. The van der Waals surface area contributed by atoms with Gasteiger partial charge in [0.05, 0.1) is 18.3 Å². The first kappa shape index (κ1) is 14.0. The predicted molar refractivity (Wildman–Crippen MR) is 67.6 cm³/mol. The average Bonchev–Trinajstić information content (AvgIpc) is 2.29. The van der Waals surface area contributed by atoms with Crippen molar-refractivity contribution in [2.24, 2.45) is 0 Å². The van der Waals surface area contributed by atoms with Crippen LogP contribution in [0.2, 0.25) is 0 Å². The molecule has 0 atom stereocenters. The van der Waals surface area contributed by atoms with E-state index >= 15 is 0 Å². The highest BCUT2D eigenvalue weighted by Crippen LogP contribution is 2.11. The zero-order valence-electron chi connectivity index (χ0n) is 10.7. The molecule has 1 aromatic rings. The molecule has 1 N–H and O–H groups in total. The van der Waals surface area contributed by atoms with Gasteiger partial charge in [-0.25, -0.2) is 9.59 Å². The monoisotopic (exact) mass is 251 g/mol. The topological polar surface area (TPSA) is 64.6 Å². The Hall–Kier alpha value is -2.04. The van der Waals surface area contributed by atoms with Gasteiger partial charge in [-0.05, 0) is 45.0 Å². The number of ether oxygens (including phenoxy) is 2. The van der Waals surface area contributed by atoms with Crippen LogP contribution in [0.25, 0.3) is 0 Å². The van der Waals surface area contributed by atoms with Crippen LogP contribution < -0.4 is 5.32 Å². The summed E-state index contributed by atoms with van der Waals surface area (Å²) in [6.07, 6.45) is -0.697. The summed E-state index contributed by atoms with van der Waals surface area (Å²) in [5.41, 5.74) is 1.01. The molecule has 0 aliphatic rings. The Balaban J connectivity index is 2.60. The van der Waals surface area contributed by atoms with E-state index in [1.165, 1.54) is 0 Å². The second-order valence-corrected chi connectivity index (χ2v) is 3.88. The van der Waals surface area contributed by atoms with Gasteiger partial charge in [-0.2, -0.15) is 0 Å². The van der Waals surface area contributed by atoms with E-state index < -0.39 is 6.09 Å². The van der Waals surface area contributed by atoms with Gasteiger partial charge >= 0.3 is 12.1 Å². The van der Waals surface area contributed by atoms with E-state index in [4.69, 9.17) is 9.47 Å². The van der Waals surface area contributed by atoms with Crippen molar-refractivity contribution in [2.75, 3.05) is 11.9 Å². The molecular formula is C13H17NO4. The van der Waals surface area contributed by atoms with Crippen molar-refractivity contribution in [1.82, 2.24) is 0 Å². The number of carbonyl (C=O) groups is 2. The molecule has 0 aliphatic carbocycles. The molecule has 0 radical (unpaired) electrons. The van der Waals surface area contributed by atoms with Crippen LogP contribution >= 0.6 is 0 Å². The molecule has 0 heterocycles. The number of anilines is 1. The Kier molecular flexibility index (Phi) is 5.17. The van der Waals surface area contributed by atoms with Crippen LogP contribution in [0.3, 0.4) is 0 Å². The lowest BCUT2D eigenvalue weighted by molar-refractivity contribution is 0.0526. The Morgan fingerprint density at radius 2 is 1.83 bits per heavy atom. The van der Waals surface area contributed by atoms with Crippen molar-refractivity contribution in [1.29, 1.82) is 0 Å². The Bertz CT molecular complexity index is 412. The van der Waals surface area contributed by atoms with Crippen LogP contribution in [0, 0.1) is 0 Å². The minimum atomic E-state index is -0.520. The van der Waals surface area contributed by atoms with Gasteiger partial charge < -0.3 is 9.47 Å². The number of rotatable bonds is 4. The number of benzene rings is 1. The fraction of sp³-hybridized carbons (Fsp3) is 0.385. The second kappa shape index (κ2) is 6.64. The summed E-state index contributed by atoms with van der Waals surface area (Å²) in [5.74, 6) is -0.381. The maximum Gasteiger partial charge on any atom is 0.411 e. The van der Waals surface area contributed by atoms with E-state index in [1.54, 1.807) is 45.0 Å². The smallest absolute Gasteiger partial charge is 0.411 e. The third-order valence-electron chi connectivity index (χ3n) is 1.99. The van der Waals surface area contributed by atoms with E-state index in [-0.39, 0.29) is 12.1 Å². The molecule has 0 aromatic heterocycles.